The molecule has 7 heteroatoms. The second-order valence-electron chi connectivity index (χ2n) is 3.46. The molecule has 0 saturated carbocycles. The van der Waals surface area contributed by atoms with Crippen molar-refractivity contribution in [1.82, 2.24) is 0 Å². The number of hydrogen-bond acceptors (Lipinski definition) is 3. The van der Waals surface area contributed by atoms with Gasteiger partial charge in [0.05, 0.1) is 6.61 Å². The molecule has 0 aliphatic heterocycles. The van der Waals surface area contributed by atoms with Crippen molar-refractivity contribution in [3.63, 3.8) is 0 Å². The van der Waals surface area contributed by atoms with Gasteiger partial charge in [-0.25, -0.2) is 0 Å². The molecule has 2 unspecified atom stereocenters. The van der Waals surface area contributed by atoms with Crippen LogP contribution in [0.3, 0.4) is 0 Å². The fourth-order valence-electron chi connectivity index (χ4n) is 1.40. The minimum Gasteiger partial charge on any atom is -0.436 e. The Balaban J connectivity index is 3.04. The molecular weight excluding hydrogens is 307 g/mol. The first kappa shape index (κ1) is 16.2. The smallest absolute Gasteiger partial charge is 0.291 e. The van der Waals surface area contributed by atoms with E-state index in [1.165, 1.54) is 0 Å². The fraction of sp³-hybridized carbons (Fsp3) is 0.364. The van der Waals surface area contributed by atoms with Gasteiger partial charge >= 0.3 is 0 Å². The van der Waals surface area contributed by atoms with E-state index in [0.717, 1.165) is 16.9 Å². The third kappa shape index (κ3) is 5.03. The highest BCUT2D eigenvalue weighted by atomic mass is 32.9. The summed E-state index contributed by atoms with van der Waals surface area (Å²) in [5.74, 6) is 4.54. The van der Waals surface area contributed by atoms with Crippen molar-refractivity contribution < 1.29 is 13.6 Å². The summed E-state index contributed by atoms with van der Waals surface area (Å²) in [6, 6.07) is 5.63. The van der Waals surface area contributed by atoms with Crippen LogP contribution in [-0.2, 0) is 22.4 Å². The monoisotopic (exact) mass is 324 g/mol. The number of rotatable bonds is 6. The number of benzene rings is 1. The molecule has 1 aromatic carbocycles. The lowest BCUT2D eigenvalue weighted by Gasteiger charge is -2.16. The van der Waals surface area contributed by atoms with Crippen molar-refractivity contribution in [3.05, 3.63) is 23.8 Å². The zero-order chi connectivity index (χ0) is 13.8. The van der Waals surface area contributed by atoms with Crippen LogP contribution in [0.1, 0.15) is 19.4 Å². The first-order valence-corrected chi connectivity index (χ1v) is 10.6. The summed E-state index contributed by atoms with van der Waals surface area (Å²) in [7, 11) is -0.481. The maximum absolute atomic E-state index is 9.49. The molecule has 1 N–H and O–H groups in total. The Bertz CT molecular complexity index is 484. The lowest BCUT2D eigenvalue weighted by Crippen LogP contribution is -1.93. The van der Waals surface area contributed by atoms with E-state index in [9.17, 15) is 4.89 Å². The highest BCUT2D eigenvalue weighted by Gasteiger charge is 2.12. The van der Waals surface area contributed by atoms with E-state index in [1.54, 1.807) is 6.07 Å². The Kier molecular flexibility index (Phi) is 6.38. The molecule has 3 nitrogen and oxygen atoms in total. The van der Waals surface area contributed by atoms with Crippen LogP contribution in [0.15, 0.2) is 23.1 Å². The molecule has 0 amide bonds. The maximum Gasteiger partial charge on any atom is 0.291 e. The molecule has 2 atom stereocenters. The molecule has 0 spiro atoms. The highest BCUT2D eigenvalue weighted by molar-refractivity contribution is 8.59. The largest absolute Gasteiger partial charge is 0.436 e. The molecule has 0 heterocycles. The Morgan fingerprint density at radius 3 is 2.67 bits per heavy atom. The molecule has 0 radical (unpaired) electrons. The SMILES string of the molecule is C=S(OCC)c1ccc(OP(O)(=S)S)c(CC)c1. The van der Waals surface area contributed by atoms with Crippen LogP contribution in [0.4, 0.5) is 0 Å². The highest BCUT2D eigenvalue weighted by Crippen LogP contribution is 2.48. The van der Waals surface area contributed by atoms with Crippen LogP contribution in [0, 0.1) is 0 Å². The third-order valence-corrected chi connectivity index (χ3v) is 4.36. The van der Waals surface area contributed by atoms with Gasteiger partial charge < -0.3 is 13.6 Å². The molecule has 1 aromatic rings. The lowest BCUT2D eigenvalue weighted by molar-refractivity contribution is 0.400. The average Bonchev–Trinajstić information content (AvgIpc) is 2.27. The lowest BCUT2D eigenvalue weighted by atomic mass is 10.1. The van der Waals surface area contributed by atoms with Crippen LogP contribution in [-0.4, -0.2) is 17.4 Å². The van der Waals surface area contributed by atoms with Gasteiger partial charge in [-0.1, -0.05) is 19.2 Å². The molecule has 0 saturated heterocycles. The predicted molar refractivity (Wildman–Crippen MR) is 86.5 cm³/mol. The Morgan fingerprint density at radius 2 is 2.17 bits per heavy atom. The topological polar surface area (TPSA) is 38.7 Å². The zero-order valence-electron chi connectivity index (χ0n) is 10.3. The predicted octanol–water partition coefficient (Wildman–Crippen LogP) is 3.79. The summed E-state index contributed by atoms with van der Waals surface area (Å²) in [6.07, 6.45) is 0.773. The number of thiol groups is 1. The molecule has 0 bridgehead atoms. The van der Waals surface area contributed by atoms with Crippen LogP contribution < -0.4 is 4.52 Å². The van der Waals surface area contributed by atoms with Crippen LogP contribution in [0.25, 0.3) is 0 Å². The van der Waals surface area contributed by atoms with Crippen LogP contribution in [0.5, 0.6) is 5.75 Å². The molecule has 0 aliphatic carbocycles. The Hall–Kier alpha value is 0.160. The van der Waals surface area contributed by atoms with Crippen molar-refractivity contribution in [3.8, 4) is 5.75 Å². The van der Waals surface area contributed by atoms with Crippen molar-refractivity contribution >= 4 is 46.4 Å². The number of aryl methyl sites for hydroxylation is 1. The van der Waals surface area contributed by atoms with Crippen LogP contribution >= 0.6 is 28.7 Å². The van der Waals surface area contributed by atoms with Gasteiger partial charge in [0.25, 0.3) is 5.69 Å². The van der Waals surface area contributed by atoms with Crippen LogP contribution in [0.2, 0.25) is 0 Å². The van der Waals surface area contributed by atoms with Crippen molar-refractivity contribution in [2.75, 3.05) is 6.61 Å². The third-order valence-electron chi connectivity index (χ3n) is 2.15. The minimum absolute atomic E-state index is 0.481. The van der Waals surface area contributed by atoms with E-state index in [4.69, 9.17) is 20.5 Å². The average molecular weight is 324 g/mol. The van der Waals surface area contributed by atoms with Gasteiger partial charge in [-0.05, 0) is 65.5 Å². The first-order chi connectivity index (χ1) is 8.37. The summed E-state index contributed by atoms with van der Waals surface area (Å²) in [4.78, 5) is 10.5. The van der Waals surface area contributed by atoms with E-state index in [-0.39, 0.29) is 0 Å². The van der Waals surface area contributed by atoms with E-state index in [0.29, 0.717) is 12.4 Å². The quantitative estimate of drug-likeness (QED) is 0.474. The standard InChI is InChI=1S/C11H17O3PS3/c1-4-9-8-10(18(3)13-5-2)6-7-11(9)14-15(12,16)17/h6-8H,3-5H2,1-2H3,(H2,12,16,17). The van der Waals surface area contributed by atoms with Gasteiger partial charge in [-0.3, -0.25) is 0 Å². The first-order valence-electron chi connectivity index (χ1n) is 5.42. The molecule has 18 heavy (non-hydrogen) atoms. The van der Waals surface area contributed by atoms with E-state index >= 15 is 0 Å². The van der Waals surface area contributed by atoms with Gasteiger partial charge in [0.1, 0.15) is 5.75 Å². The molecule has 0 aromatic heterocycles. The second-order valence-corrected chi connectivity index (χ2v) is 9.94. The zero-order valence-corrected chi connectivity index (χ0v) is 13.7. The molecule has 0 fully saturated rings. The maximum atomic E-state index is 9.49. The number of hydrogen-bond donors (Lipinski definition) is 2. The molecule has 102 valence electrons. The van der Waals surface area contributed by atoms with E-state index in [1.807, 2.05) is 26.0 Å². The van der Waals surface area contributed by atoms with Gasteiger partial charge in [-0.15, -0.1) is 0 Å². The van der Waals surface area contributed by atoms with Gasteiger partial charge in [0.15, 0.2) is 0 Å². The summed E-state index contributed by atoms with van der Waals surface area (Å²) >= 11 is 8.65. The molecular formula is C11H17O3PS3. The summed E-state index contributed by atoms with van der Waals surface area (Å²) in [6.45, 7) is 4.57. The van der Waals surface area contributed by atoms with E-state index < -0.39 is 16.5 Å². The van der Waals surface area contributed by atoms with Crippen molar-refractivity contribution in [1.29, 1.82) is 0 Å². The van der Waals surface area contributed by atoms with Gasteiger partial charge in [0, 0.05) is 4.90 Å². The molecule has 1 rings (SSSR count). The summed E-state index contributed by atoms with van der Waals surface area (Å²) < 4.78 is 10.8. The Labute approximate surface area is 121 Å². The minimum atomic E-state index is -3.00. The summed E-state index contributed by atoms with van der Waals surface area (Å²) in [5.41, 5.74) is -2.03. The van der Waals surface area contributed by atoms with Crippen molar-refractivity contribution in [2.24, 2.45) is 0 Å². The van der Waals surface area contributed by atoms with E-state index in [2.05, 4.69) is 18.1 Å². The second kappa shape index (κ2) is 7.08. The fourth-order valence-corrected chi connectivity index (χ4v) is 3.25. The Morgan fingerprint density at radius 1 is 1.50 bits per heavy atom. The molecule has 0 aliphatic rings. The summed E-state index contributed by atoms with van der Waals surface area (Å²) in [5, 5.41) is 0. The normalized spacial score (nSPS) is 16.0. The van der Waals surface area contributed by atoms with Gasteiger partial charge in [-0.2, -0.15) is 0 Å². The van der Waals surface area contributed by atoms with Gasteiger partial charge in [0.2, 0.25) is 0 Å². The van der Waals surface area contributed by atoms with Crippen molar-refractivity contribution in [2.45, 2.75) is 25.2 Å².